The molecule has 1 aliphatic rings. The first-order valence-corrected chi connectivity index (χ1v) is 10.6. The molecule has 0 aromatic heterocycles. The van der Waals surface area contributed by atoms with E-state index in [1.807, 2.05) is 48.5 Å². The van der Waals surface area contributed by atoms with Gasteiger partial charge in [0.15, 0.2) is 11.6 Å². The number of benzene rings is 2. The SMILES string of the molecule is O=C(/C=C/c1ccccc1)C(C(=O)c1ccccc1)=C1SCCCCS1. The minimum absolute atomic E-state index is 0.190. The molecule has 0 amide bonds. The monoisotopic (exact) mass is 380 g/mol. The molecule has 1 aliphatic heterocycles. The fourth-order valence-corrected chi connectivity index (χ4v) is 5.15. The van der Waals surface area contributed by atoms with Gasteiger partial charge in [-0.2, -0.15) is 0 Å². The summed E-state index contributed by atoms with van der Waals surface area (Å²) in [7, 11) is 0. The Labute approximate surface area is 162 Å². The lowest BCUT2D eigenvalue weighted by Gasteiger charge is -2.10. The summed E-state index contributed by atoms with van der Waals surface area (Å²) < 4.78 is 0.860. The number of carbonyl (C=O) groups is 2. The average Bonchev–Trinajstić information content (AvgIpc) is 2.97. The maximum atomic E-state index is 13.1. The van der Waals surface area contributed by atoms with Crippen LogP contribution in [0.1, 0.15) is 28.8 Å². The minimum Gasteiger partial charge on any atom is -0.289 e. The van der Waals surface area contributed by atoms with Crippen molar-refractivity contribution in [2.45, 2.75) is 12.8 Å². The maximum absolute atomic E-state index is 13.1. The molecule has 0 spiro atoms. The van der Waals surface area contributed by atoms with Gasteiger partial charge in [-0.3, -0.25) is 9.59 Å². The molecule has 2 nitrogen and oxygen atoms in total. The van der Waals surface area contributed by atoms with Gasteiger partial charge in [-0.05, 0) is 36.0 Å². The van der Waals surface area contributed by atoms with Gasteiger partial charge in [0, 0.05) is 5.56 Å². The Morgan fingerprint density at radius 2 is 1.38 bits per heavy atom. The Kier molecular flexibility index (Phi) is 6.92. The van der Waals surface area contributed by atoms with Gasteiger partial charge in [0.25, 0.3) is 0 Å². The highest BCUT2D eigenvalue weighted by atomic mass is 32.2. The van der Waals surface area contributed by atoms with Crippen molar-refractivity contribution in [1.82, 2.24) is 0 Å². The Morgan fingerprint density at radius 1 is 0.808 bits per heavy atom. The van der Waals surface area contributed by atoms with Crippen LogP contribution in [0.2, 0.25) is 0 Å². The molecule has 0 radical (unpaired) electrons. The zero-order valence-electron chi connectivity index (χ0n) is 14.4. The molecule has 1 fully saturated rings. The molecule has 2 aromatic carbocycles. The molecule has 0 saturated carbocycles. The third-order valence-corrected chi connectivity index (χ3v) is 6.57. The number of ketones is 2. The van der Waals surface area contributed by atoms with Crippen LogP contribution >= 0.6 is 23.5 Å². The summed E-state index contributed by atoms with van der Waals surface area (Å²) in [5.41, 5.74) is 1.81. The second-order valence-electron chi connectivity index (χ2n) is 5.87. The number of hydrogen-bond donors (Lipinski definition) is 0. The Bertz CT molecular complexity index is 814. The topological polar surface area (TPSA) is 34.1 Å². The first-order chi connectivity index (χ1) is 12.8. The highest BCUT2D eigenvalue weighted by Crippen LogP contribution is 2.37. The first kappa shape index (κ1) is 18.7. The summed E-state index contributed by atoms with van der Waals surface area (Å²) in [6, 6.07) is 18.7. The molecule has 1 saturated heterocycles. The standard InChI is InChI=1S/C22H20O2S2/c23-19(14-13-17-9-3-1-4-10-17)20(22-25-15-7-8-16-26-22)21(24)18-11-5-2-6-12-18/h1-6,9-14H,7-8,15-16H2/b14-13+. The van der Waals surface area contributed by atoms with E-state index in [0.29, 0.717) is 11.1 Å². The lowest BCUT2D eigenvalue weighted by atomic mass is 10.0. The predicted octanol–water partition coefficient (Wildman–Crippen LogP) is 5.62. The number of thioether (sulfide) groups is 2. The number of allylic oxidation sites excluding steroid dienone is 2. The van der Waals surface area contributed by atoms with Crippen molar-refractivity contribution in [3.05, 3.63) is 87.7 Å². The van der Waals surface area contributed by atoms with E-state index in [4.69, 9.17) is 0 Å². The molecule has 3 rings (SSSR count). The summed E-state index contributed by atoms with van der Waals surface area (Å²) in [5.74, 6) is 1.48. The summed E-state index contributed by atoms with van der Waals surface area (Å²) in [6.45, 7) is 0. The van der Waals surface area contributed by atoms with Crippen LogP contribution in [-0.4, -0.2) is 23.1 Å². The van der Waals surface area contributed by atoms with E-state index >= 15 is 0 Å². The molecule has 4 heteroatoms. The number of carbonyl (C=O) groups excluding carboxylic acids is 2. The lowest BCUT2D eigenvalue weighted by Crippen LogP contribution is -2.13. The summed E-state index contributed by atoms with van der Waals surface area (Å²) in [4.78, 5) is 26.0. The van der Waals surface area contributed by atoms with Gasteiger partial charge in [-0.15, -0.1) is 23.5 Å². The zero-order valence-corrected chi connectivity index (χ0v) is 16.0. The van der Waals surface area contributed by atoms with Gasteiger partial charge in [0.2, 0.25) is 0 Å². The fourth-order valence-electron chi connectivity index (χ4n) is 2.58. The van der Waals surface area contributed by atoms with Gasteiger partial charge in [-0.1, -0.05) is 66.7 Å². The molecule has 0 atom stereocenters. The molecular weight excluding hydrogens is 360 g/mol. The predicted molar refractivity (Wildman–Crippen MR) is 112 cm³/mol. The maximum Gasteiger partial charge on any atom is 0.198 e. The van der Waals surface area contributed by atoms with E-state index in [9.17, 15) is 9.59 Å². The molecule has 26 heavy (non-hydrogen) atoms. The highest BCUT2D eigenvalue weighted by molar-refractivity contribution is 8.22. The molecule has 132 valence electrons. The second kappa shape index (κ2) is 9.60. The van der Waals surface area contributed by atoms with Crippen LogP contribution in [0.25, 0.3) is 6.08 Å². The van der Waals surface area contributed by atoms with E-state index in [1.165, 1.54) is 6.08 Å². The number of hydrogen-bond acceptors (Lipinski definition) is 4. The summed E-state index contributed by atoms with van der Waals surface area (Å²) in [5, 5.41) is 0. The largest absolute Gasteiger partial charge is 0.289 e. The van der Waals surface area contributed by atoms with Crippen molar-refractivity contribution in [3.8, 4) is 0 Å². The van der Waals surface area contributed by atoms with E-state index in [0.717, 1.165) is 34.1 Å². The molecule has 1 heterocycles. The average molecular weight is 381 g/mol. The summed E-state index contributed by atoms with van der Waals surface area (Å²) >= 11 is 3.26. The van der Waals surface area contributed by atoms with E-state index in [1.54, 1.807) is 41.7 Å². The van der Waals surface area contributed by atoms with Crippen molar-refractivity contribution in [3.63, 3.8) is 0 Å². The summed E-state index contributed by atoms with van der Waals surface area (Å²) in [6.07, 6.45) is 5.52. The Morgan fingerprint density at radius 3 is 2.00 bits per heavy atom. The highest BCUT2D eigenvalue weighted by Gasteiger charge is 2.24. The van der Waals surface area contributed by atoms with Gasteiger partial charge >= 0.3 is 0 Å². The van der Waals surface area contributed by atoms with Gasteiger partial charge in [-0.25, -0.2) is 0 Å². The number of Topliss-reactive ketones (excluding diaryl/α,β-unsaturated/α-hetero) is 1. The Hall–Kier alpha value is -2.04. The molecule has 0 N–H and O–H groups in total. The second-order valence-corrected chi connectivity index (χ2v) is 8.34. The van der Waals surface area contributed by atoms with Crippen LogP contribution in [-0.2, 0) is 4.79 Å². The van der Waals surface area contributed by atoms with E-state index in [-0.39, 0.29) is 11.6 Å². The van der Waals surface area contributed by atoms with E-state index < -0.39 is 0 Å². The zero-order chi connectivity index (χ0) is 18.2. The van der Waals surface area contributed by atoms with Crippen LogP contribution in [0.3, 0.4) is 0 Å². The smallest absolute Gasteiger partial charge is 0.198 e. The van der Waals surface area contributed by atoms with Gasteiger partial charge in [0.1, 0.15) is 0 Å². The third-order valence-electron chi connectivity index (χ3n) is 3.95. The molecule has 0 bridgehead atoms. The van der Waals surface area contributed by atoms with Crippen molar-refractivity contribution in [2.75, 3.05) is 11.5 Å². The van der Waals surface area contributed by atoms with Gasteiger partial charge < -0.3 is 0 Å². The van der Waals surface area contributed by atoms with Crippen LogP contribution < -0.4 is 0 Å². The van der Waals surface area contributed by atoms with Crippen LogP contribution in [0.4, 0.5) is 0 Å². The van der Waals surface area contributed by atoms with Crippen molar-refractivity contribution in [2.24, 2.45) is 0 Å². The van der Waals surface area contributed by atoms with Crippen molar-refractivity contribution in [1.29, 1.82) is 0 Å². The lowest BCUT2D eigenvalue weighted by molar-refractivity contribution is -0.111. The van der Waals surface area contributed by atoms with Crippen molar-refractivity contribution < 1.29 is 9.59 Å². The molecule has 0 unspecified atom stereocenters. The Balaban J connectivity index is 1.94. The molecule has 0 aliphatic carbocycles. The first-order valence-electron chi connectivity index (χ1n) is 8.63. The minimum atomic E-state index is -0.223. The quantitative estimate of drug-likeness (QED) is 0.292. The fraction of sp³-hybridized carbons (Fsp3) is 0.182. The van der Waals surface area contributed by atoms with E-state index in [2.05, 4.69) is 0 Å². The van der Waals surface area contributed by atoms with Crippen LogP contribution in [0.5, 0.6) is 0 Å². The van der Waals surface area contributed by atoms with Gasteiger partial charge in [0.05, 0.1) is 9.81 Å². The third kappa shape index (κ3) is 4.99. The van der Waals surface area contributed by atoms with Crippen LogP contribution in [0, 0.1) is 0 Å². The molecular formula is C22H20O2S2. The van der Waals surface area contributed by atoms with Crippen molar-refractivity contribution >= 4 is 41.2 Å². The molecule has 2 aromatic rings. The number of rotatable bonds is 5. The normalized spacial score (nSPS) is 14.8. The van der Waals surface area contributed by atoms with Crippen LogP contribution in [0.15, 0.2) is 76.5 Å².